The van der Waals surface area contributed by atoms with E-state index in [2.05, 4.69) is 57.5 Å². The average molecular weight is 461 g/mol. The number of aliphatic hydroxyl groups excluding tert-OH is 1. The van der Waals surface area contributed by atoms with Crippen LogP contribution in [-0.4, -0.2) is 30.3 Å². The van der Waals surface area contributed by atoms with E-state index in [0.717, 1.165) is 65.8 Å². The van der Waals surface area contributed by atoms with Crippen molar-refractivity contribution in [2.75, 3.05) is 0 Å². The summed E-state index contributed by atoms with van der Waals surface area (Å²) in [6, 6.07) is 6.63. The van der Waals surface area contributed by atoms with Crippen molar-refractivity contribution in [1.29, 1.82) is 0 Å². The maximum Gasteiger partial charge on any atom is 0.159 e. The topological polar surface area (TPSA) is 99.6 Å². The van der Waals surface area contributed by atoms with Crippen molar-refractivity contribution in [2.45, 2.75) is 64.6 Å². The minimum atomic E-state index is -0.744. The van der Waals surface area contributed by atoms with E-state index in [1.54, 1.807) is 23.9 Å². The molecule has 0 radical (unpaired) electrons. The first-order chi connectivity index (χ1) is 16.0. The van der Waals surface area contributed by atoms with Crippen LogP contribution in [0.2, 0.25) is 0 Å². The number of hydrogen-bond donors (Lipinski definition) is 3. The maximum atomic E-state index is 11.0. The molecule has 2 unspecified atom stereocenters. The zero-order chi connectivity index (χ0) is 22.6. The number of aromatic amines is 1. The fourth-order valence-corrected chi connectivity index (χ4v) is 6.54. The Bertz CT molecular complexity index is 1330. The number of benzene rings is 1. The minimum absolute atomic E-state index is 0.106. The van der Waals surface area contributed by atoms with Gasteiger partial charge in [0.25, 0.3) is 0 Å². The number of aryl methyl sites for hydroxylation is 2. The van der Waals surface area contributed by atoms with Crippen LogP contribution in [-0.2, 0) is 19.3 Å². The van der Waals surface area contributed by atoms with Crippen LogP contribution >= 0.6 is 11.3 Å². The van der Waals surface area contributed by atoms with Gasteiger partial charge in [-0.2, -0.15) is 5.10 Å². The first-order valence-electron chi connectivity index (χ1n) is 11.7. The Morgan fingerprint density at radius 3 is 3.06 bits per heavy atom. The van der Waals surface area contributed by atoms with Gasteiger partial charge in [0.05, 0.1) is 23.0 Å². The van der Waals surface area contributed by atoms with Crippen LogP contribution in [0.1, 0.15) is 72.1 Å². The Balaban J connectivity index is 1.25. The molecule has 8 heteroatoms. The van der Waals surface area contributed by atoms with Crippen molar-refractivity contribution < 1.29 is 5.11 Å². The Hall–Kier alpha value is -2.68. The summed E-state index contributed by atoms with van der Waals surface area (Å²) in [5.74, 6) is 0. The molecular formula is C25H28N6OS. The Morgan fingerprint density at radius 1 is 1.24 bits per heavy atom. The van der Waals surface area contributed by atoms with Gasteiger partial charge in [-0.25, -0.2) is 15.0 Å². The van der Waals surface area contributed by atoms with E-state index in [4.69, 9.17) is 4.98 Å². The highest BCUT2D eigenvalue weighted by Crippen LogP contribution is 2.39. The lowest BCUT2D eigenvalue weighted by molar-refractivity contribution is 0.118. The lowest BCUT2D eigenvalue weighted by atomic mass is 9.79. The number of fused-ring (bicyclic) bond motifs is 3. The van der Waals surface area contributed by atoms with E-state index in [9.17, 15) is 5.11 Å². The van der Waals surface area contributed by atoms with Gasteiger partial charge < -0.3 is 5.11 Å². The van der Waals surface area contributed by atoms with Crippen molar-refractivity contribution in [3.63, 3.8) is 0 Å². The van der Waals surface area contributed by atoms with Crippen molar-refractivity contribution >= 4 is 22.4 Å². The SMILES string of the molecule is CC1(C)CCc2nc(C(O)NC3CCCc4cc(-c5ncnc6[nH]ncc56)ccc43)sc2C1. The van der Waals surface area contributed by atoms with Gasteiger partial charge >= 0.3 is 0 Å². The highest BCUT2D eigenvalue weighted by Gasteiger charge is 2.30. The predicted octanol–water partition coefficient (Wildman–Crippen LogP) is 4.65. The first kappa shape index (κ1) is 20.9. The minimum Gasteiger partial charge on any atom is -0.372 e. The molecule has 3 aromatic heterocycles. The van der Waals surface area contributed by atoms with Crippen LogP contribution in [0.4, 0.5) is 0 Å². The van der Waals surface area contributed by atoms with Gasteiger partial charge in [-0.05, 0) is 61.1 Å². The summed E-state index contributed by atoms with van der Waals surface area (Å²) in [6.07, 6.45) is 8.93. The molecule has 3 N–H and O–H groups in total. The molecule has 2 atom stereocenters. The molecule has 0 saturated heterocycles. The smallest absolute Gasteiger partial charge is 0.159 e. The molecular weight excluding hydrogens is 432 g/mol. The molecule has 170 valence electrons. The van der Waals surface area contributed by atoms with E-state index in [1.165, 1.54) is 21.7 Å². The second-order valence-corrected chi connectivity index (χ2v) is 11.2. The lowest BCUT2D eigenvalue weighted by Gasteiger charge is -2.28. The zero-order valence-corrected chi connectivity index (χ0v) is 19.7. The largest absolute Gasteiger partial charge is 0.372 e. The van der Waals surface area contributed by atoms with Gasteiger partial charge in [0.2, 0.25) is 0 Å². The molecule has 0 saturated carbocycles. The molecule has 2 aliphatic carbocycles. The van der Waals surface area contributed by atoms with Gasteiger partial charge in [0.15, 0.2) is 11.9 Å². The molecule has 33 heavy (non-hydrogen) atoms. The van der Waals surface area contributed by atoms with Crippen molar-refractivity contribution in [3.8, 4) is 11.3 Å². The molecule has 0 bridgehead atoms. The third-order valence-electron chi connectivity index (χ3n) is 7.04. The number of H-pyrrole nitrogens is 1. The Kier molecular flexibility index (Phi) is 5.05. The van der Waals surface area contributed by atoms with Crippen LogP contribution in [0.25, 0.3) is 22.3 Å². The van der Waals surface area contributed by atoms with E-state index in [-0.39, 0.29) is 6.04 Å². The lowest BCUT2D eigenvalue weighted by Crippen LogP contribution is -2.29. The monoisotopic (exact) mass is 460 g/mol. The molecule has 0 aliphatic heterocycles. The van der Waals surface area contributed by atoms with Gasteiger partial charge in [-0.3, -0.25) is 10.4 Å². The summed E-state index contributed by atoms with van der Waals surface area (Å²) in [7, 11) is 0. The van der Waals surface area contributed by atoms with Gasteiger partial charge in [0.1, 0.15) is 11.3 Å². The molecule has 7 nitrogen and oxygen atoms in total. The van der Waals surface area contributed by atoms with Crippen LogP contribution in [0.5, 0.6) is 0 Å². The average Bonchev–Trinajstić information content (AvgIpc) is 3.44. The third kappa shape index (κ3) is 3.86. The van der Waals surface area contributed by atoms with Crippen molar-refractivity contribution in [3.05, 3.63) is 57.4 Å². The quantitative estimate of drug-likeness (QED) is 0.383. The number of hydrogen-bond acceptors (Lipinski definition) is 7. The maximum absolute atomic E-state index is 11.0. The number of thiazole rings is 1. The molecule has 3 heterocycles. The van der Waals surface area contributed by atoms with E-state index in [0.29, 0.717) is 5.41 Å². The van der Waals surface area contributed by atoms with Gasteiger partial charge in [0, 0.05) is 16.5 Å². The van der Waals surface area contributed by atoms with Crippen molar-refractivity contribution in [1.82, 2.24) is 30.5 Å². The molecule has 6 rings (SSSR count). The Morgan fingerprint density at radius 2 is 2.15 bits per heavy atom. The first-order valence-corrected chi connectivity index (χ1v) is 12.5. The molecule has 0 amide bonds. The van der Waals surface area contributed by atoms with Crippen molar-refractivity contribution in [2.24, 2.45) is 5.41 Å². The van der Waals surface area contributed by atoms with E-state index >= 15 is 0 Å². The number of aromatic nitrogens is 5. The highest BCUT2D eigenvalue weighted by molar-refractivity contribution is 7.11. The van der Waals surface area contributed by atoms with Crippen LogP contribution in [0.15, 0.2) is 30.7 Å². The predicted molar refractivity (Wildman–Crippen MR) is 129 cm³/mol. The number of nitrogens with zero attached hydrogens (tertiary/aromatic N) is 4. The molecule has 0 spiro atoms. The third-order valence-corrected chi connectivity index (χ3v) is 8.19. The van der Waals surface area contributed by atoms with Crippen LogP contribution in [0, 0.1) is 5.41 Å². The standard InChI is InChI=1S/C25H28N6OS/c1-25(2)9-8-19-20(11-25)33-24(30-19)23(32)29-18-5-3-4-14-10-15(6-7-16(14)18)21-17-12-28-31-22(17)27-13-26-21/h6-7,10,12-13,18,23,29,32H,3-5,8-9,11H2,1-2H3,(H,26,27,28,31). The van der Waals surface area contributed by atoms with Crippen LogP contribution < -0.4 is 5.32 Å². The molecule has 1 aromatic carbocycles. The van der Waals surface area contributed by atoms with E-state index < -0.39 is 6.23 Å². The number of nitrogens with one attached hydrogen (secondary N) is 2. The fraction of sp³-hybridized carbons (Fsp3) is 0.440. The highest BCUT2D eigenvalue weighted by atomic mass is 32.1. The summed E-state index contributed by atoms with van der Waals surface area (Å²) < 4.78 is 0. The molecule has 0 fully saturated rings. The normalized spacial score (nSPS) is 20.4. The van der Waals surface area contributed by atoms with Gasteiger partial charge in [-0.1, -0.05) is 26.0 Å². The zero-order valence-electron chi connectivity index (χ0n) is 18.9. The summed E-state index contributed by atoms with van der Waals surface area (Å²) in [4.78, 5) is 14.9. The van der Waals surface area contributed by atoms with E-state index in [1.807, 2.05) is 0 Å². The summed E-state index contributed by atoms with van der Waals surface area (Å²) in [6.45, 7) is 4.63. The molecule has 4 aromatic rings. The Labute approximate surface area is 196 Å². The second-order valence-electron chi connectivity index (χ2n) is 10.0. The summed E-state index contributed by atoms with van der Waals surface area (Å²) in [5, 5.41) is 23.2. The summed E-state index contributed by atoms with van der Waals surface area (Å²) >= 11 is 1.67. The van der Waals surface area contributed by atoms with Crippen LogP contribution in [0.3, 0.4) is 0 Å². The number of aliphatic hydroxyl groups is 1. The summed E-state index contributed by atoms with van der Waals surface area (Å²) in [5.41, 5.74) is 6.76. The molecule has 2 aliphatic rings. The fourth-order valence-electron chi connectivity index (χ4n) is 5.23. The van der Waals surface area contributed by atoms with Gasteiger partial charge in [-0.15, -0.1) is 11.3 Å². The second kappa shape index (κ2) is 7.97. The number of rotatable bonds is 4.